The highest BCUT2D eigenvalue weighted by Gasteiger charge is 2.36. The second kappa shape index (κ2) is 9.57. The third-order valence-electron chi connectivity index (χ3n) is 4.39. The second-order valence-corrected chi connectivity index (χ2v) is 8.41. The van der Waals surface area contributed by atoms with Crippen molar-refractivity contribution in [2.75, 3.05) is 0 Å². The lowest BCUT2D eigenvalue weighted by atomic mass is 10.2. The van der Waals surface area contributed by atoms with Gasteiger partial charge >= 0.3 is 12.3 Å². The molecule has 0 spiro atoms. The summed E-state index contributed by atoms with van der Waals surface area (Å²) in [6.45, 7) is 6.64. The summed E-state index contributed by atoms with van der Waals surface area (Å²) in [5.74, 6) is -0.182. The van der Waals surface area contributed by atoms with Crippen LogP contribution in [0.5, 0.6) is 0 Å². The fourth-order valence-corrected chi connectivity index (χ4v) is 2.87. The van der Waals surface area contributed by atoms with E-state index in [1.807, 2.05) is 0 Å². The van der Waals surface area contributed by atoms with Crippen LogP contribution in [0.1, 0.15) is 39.0 Å². The lowest BCUT2D eigenvalue weighted by molar-refractivity contribution is -0.141. The van der Waals surface area contributed by atoms with Crippen LogP contribution in [0.3, 0.4) is 0 Å². The molecule has 0 unspecified atom stereocenters. The Labute approximate surface area is 193 Å². The van der Waals surface area contributed by atoms with Crippen LogP contribution >= 0.6 is 0 Å². The standard InChI is InChI=1S/C22H24F3N5O4/c1-13(28-20(32)34-21(2,3)4)19(31)27-12-14-7-8-26-18(10-14)30-15(16-6-5-9-33-16)11-17(29-30)22(23,24)25/h5-11,13H,12H2,1-4H3,(H,27,31)(H,28,32)/t13-/m0/s1. The average molecular weight is 479 g/mol. The molecule has 3 aromatic heterocycles. The van der Waals surface area contributed by atoms with Gasteiger partial charge in [-0.25, -0.2) is 14.5 Å². The molecule has 1 atom stereocenters. The molecule has 0 saturated carbocycles. The number of aromatic nitrogens is 3. The number of amides is 2. The molecule has 3 rings (SSSR count). The van der Waals surface area contributed by atoms with Gasteiger partial charge in [0, 0.05) is 18.8 Å². The fourth-order valence-electron chi connectivity index (χ4n) is 2.87. The van der Waals surface area contributed by atoms with E-state index in [4.69, 9.17) is 9.15 Å². The van der Waals surface area contributed by atoms with Gasteiger partial charge in [0.2, 0.25) is 5.91 Å². The highest BCUT2D eigenvalue weighted by atomic mass is 19.4. The van der Waals surface area contributed by atoms with E-state index < -0.39 is 35.5 Å². The minimum atomic E-state index is -4.66. The van der Waals surface area contributed by atoms with Gasteiger partial charge in [-0.2, -0.15) is 18.3 Å². The van der Waals surface area contributed by atoms with Gasteiger partial charge in [-0.1, -0.05) is 0 Å². The van der Waals surface area contributed by atoms with Crippen LogP contribution < -0.4 is 10.6 Å². The SMILES string of the molecule is C[C@H](NC(=O)OC(C)(C)C)C(=O)NCc1ccnc(-n2nc(C(F)(F)F)cc2-c2ccco2)c1. The van der Waals surface area contributed by atoms with Crippen molar-refractivity contribution in [1.29, 1.82) is 0 Å². The number of nitrogens with one attached hydrogen (secondary N) is 2. The zero-order valence-corrected chi connectivity index (χ0v) is 18.9. The summed E-state index contributed by atoms with van der Waals surface area (Å²) < 4.78 is 51.2. The van der Waals surface area contributed by atoms with Gasteiger partial charge in [0.1, 0.15) is 17.3 Å². The van der Waals surface area contributed by atoms with Gasteiger partial charge < -0.3 is 19.8 Å². The molecule has 0 aromatic carbocycles. The Balaban J connectivity index is 1.74. The number of rotatable bonds is 6. The van der Waals surface area contributed by atoms with E-state index in [0.29, 0.717) is 5.56 Å². The number of halogens is 3. The predicted octanol–water partition coefficient (Wildman–Crippen LogP) is 4.08. The molecular weight excluding hydrogens is 455 g/mol. The Kier molecular flexibility index (Phi) is 6.99. The summed E-state index contributed by atoms with van der Waals surface area (Å²) in [4.78, 5) is 28.3. The molecule has 0 bridgehead atoms. The molecule has 0 aliphatic carbocycles. The van der Waals surface area contributed by atoms with Crippen molar-refractivity contribution >= 4 is 12.0 Å². The van der Waals surface area contributed by atoms with Crippen LogP contribution in [0.15, 0.2) is 47.2 Å². The third-order valence-corrected chi connectivity index (χ3v) is 4.39. The molecule has 3 aromatic rings. The van der Waals surface area contributed by atoms with Crippen molar-refractivity contribution in [1.82, 2.24) is 25.4 Å². The first kappa shape index (κ1) is 24.8. The Morgan fingerprint density at radius 3 is 2.56 bits per heavy atom. The maximum atomic E-state index is 13.3. The number of carbonyl (C=O) groups is 2. The van der Waals surface area contributed by atoms with Gasteiger partial charge in [0.15, 0.2) is 17.3 Å². The van der Waals surface area contributed by atoms with Crippen molar-refractivity contribution in [3.8, 4) is 17.3 Å². The number of ether oxygens (including phenoxy) is 1. The smallest absolute Gasteiger partial charge is 0.435 e. The average Bonchev–Trinajstić information content (AvgIpc) is 3.40. The third kappa shape index (κ3) is 6.36. The first-order chi connectivity index (χ1) is 15.8. The largest absolute Gasteiger partial charge is 0.463 e. The molecule has 182 valence electrons. The number of alkyl carbamates (subject to hydrolysis) is 1. The van der Waals surface area contributed by atoms with Gasteiger partial charge in [-0.05, 0) is 57.5 Å². The van der Waals surface area contributed by atoms with Crippen molar-refractivity contribution in [3.05, 3.63) is 54.0 Å². The predicted molar refractivity (Wildman–Crippen MR) is 115 cm³/mol. The minimum Gasteiger partial charge on any atom is -0.463 e. The summed E-state index contributed by atoms with van der Waals surface area (Å²) in [6.07, 6.45) is -2.66. The number of alkyl halides is 3. The molecule has 2 amide bonds. The molecular formula is C22H24F3N5O4. The topological polar surface area (TPSA) is 111 Å². The van der Waals surface area contributed by atoms with Crippen molar-refractivity contribution in [2.45, 2.75) is 52.1 Å². The van der Waals surface area contributed by atoms with Crippen LogP contribution in [0.25, 0.3) is 17.3 Å². The molecule has 0 saturated heterocycles. The molecule has 0 aliphatic heterocycles. The van der Waals surface area contributed by atoms with Gasteiger partial charge in [-0.15, -0.1) is 0 Å². The highest BCUT2D eigenvalue weighted by molar-refractivity contribution is 5.85. The Bertz CT molecular complexity index is 1150. The lowest BCUT2D eigenvalue weighted by Crippen LogP contribution is -2.46. The molecule has 2 N–H and O–H groups in total. The monoisotopic (exact) mass is 479 g/mol. The Morgan fingerprint density at radius 1 is 1.21 bits per heavy atom. The van der Waals surface area contributed by atoms with E-state index in [1.165, 1.54) is 31.5 Å². The number of hydrogen-bond acceptors (Lipinski definition) is 6. The molecule has 0 radical (unpaired) electrons. The van der Waals surface area contributed by atoms with E-state index in [1.54, 1.807) is 32.9 Å². The van der Waals surface area contributed by atoms with E-state index in [0.717, 1.165) is 10.7 Å². The Morgan fingerprint density at radius 2 is 1.94 bits per heavy atom. The maximum absolute atomic E-state index is 13.3. The zero-order chi connectivity index (χ0) is 25.1. The van der Waals surface area contributed by atoms with Gasteiger partial charge in [-0.3, -0.25) is 4.79 Å². The van der Waals surface area contributed by atoms with E-state index in [-0.39, 0.29) is 23.8 Å². The summed E-state index contributed by atoms with van der Waals surface area (Å²) in [6, 6.07) is 6.14. The first-order valence-electron chi connectivity index (χ1n) is 10.3. The lowest BCUT2D eigenvalue weighted by Gasteiger charge is -2.21. The number of carbonyl (C=O) groups excluding carboxylic acids is 2. The minimum absolute atomic E-state index is 0.0399. The van der Waals surface area contributed by atoms with Crippen molar-refractivity contribution in [2.24, 2.45) is 0 Å². The number of pyridine rings is 1. The Hall–Kier alpha value is -3.83. The van der Waals surface area contributed by atoms with Crippen LogP contribution in [-0.4, -0.2) is 38.4 Å². The number of furan rings is 1. The van der Waals surface area contributed by atoms with Crippen molar-refractivity contribution in [3.63, 3.8) is 0 Å². The fraction of sp³-hybridized carbons (Fsp3) is 0.364. The summed E-state index contributed by atoms with van der Waals surface area (Å²) in [7, 11) is 0. The molecule has 3 heterocycles. The summed E-state index contributed by atoms with van der Waals surface area (Å²) >= 11 is 0. The van der Waals surface area contributed by atoms with Gasteiger partial charge in [0.05, 0.1) is 6.26 Å². The highest BCUT2D eigenvalue weighted by Crippen LogP contribution is 2.33. The van der Waals surface area contributed by atoms with E-state index >= 15 is 0 Å². The quantitative estimate of drug-likeness (QED) is 0.551. The second-order valence-electron chi connectivity index (χ2n) is 8.41. The molecule has 9 nitrogen and oxygen atoms in total. The summed E-state index contributed by atoms with van der Waals surface area (Å²) in [5.41, 5.74) is -1.18. The zero-order valence-electron chi connectivity index (χ0n) is 18.9. The van der Waals surface area contributed by atoms with Crippen LogP contribution in [-0.2, 0) is 22.3 Å². The maximum Gasteiger partial charge on any atom is 0.435 e. The van der Waals surface area contributed by atoms with E-state index in [2.05, 4.69) is 20.7 Å². The summed E-state index contributed by atoms with van der Waals surface area (Å²) in [5, 5.41) is 8.74. The molecule has 0 fully saturated rings. The van der Waals surface area contributed by atoms with Gasteiger partial charge in [0.25, 0.3) is 0 Å². The van der Waals surface area contributed by atoms with Crippen LogP contribution in [0.4, 0.5) is 18.0 Å². The first-order valence-corrected chi connectivity index (χ1v) is 10.3. The molecule has 12 heteroatoms. The number of hydrogen-bond donors (Lipinski definition) is 2. The normalized spacial score (nSPS) is 12.8. The number of nitrogens with zero attached hydrogens (tertiary/aromatic N) is 3. The molecule has 34 heavy (non-hydrogen) atoms. The molecule has 0 aliphatic rings. The van der Waals surface area contributed by atoms with E-state index in [9.17, 15) is 22.8 Å². The van der Waals surface area contributed by atoms with Crippen LogP contribution in [0, 0.1) is 0 Å². The van der Waals surface area contributed by atoms with Crippen LogP contribution in [0.2, 0.25) is 0 Å². The van der Waals surface area contributed by atoms with Crippen molar-refractivity contribution < 1.29 is 31.9 Å².